The third-order valence-corrected chi connectivity index (χ3v) is 9.19. The molecule has 1 N–H and O–H groups in total. The molecule has 34 heavy (non-hydrogen) atoms. The van der Waals surface area contributed by atoms with Gasteiger partial charge in [0.15, 0.2) is 0 Å². The summed E-state index contributed by atoms with van der Waals surface area (Å²) >= 11 is 18.9. The Kier molecular flexibility index (Phi) is 6.59. The molecule has 1 fully saturated rings. The molecule has 2 heterocycles. The van der Waals surface area contributed by atoms with Crippen LogP contribution in [-0.4, -0.2) is 37.0 Å². The third kappa shape index (κ3) is 4.44. The number of halogens is 3. The monoisotopic (exact) mass is 538 g/mol. The molecule has 0 radical (unpaired) electrons. The van der Waals surface area contributed by atoms with Crippen molar-refractivity contribution in [1.29, 1.82) is 0 Å². The van der Waals surface area contributed by atoms with Gasteiger partial charge in [-0.3, -0.25) is 4.31 Å². The highest BCUT2D eigenvalue weighted by Crippen LogP contribution is 2.44. The van der Waals surface area contributed by atoms with Crippen LogP contribution in [0.4, 0.5) is 5.69 Å². The highest BCUT2D eigenvalue weighted by atomic mass is 35.5. The average Bonchev–Trinajstić information content (AvgIpc) is 3.19. The van der Waals surface area contributed by atoms with Crippen LogP contribution in [0, 0.1) is 0 Å². The molecule has 0 saturated heterocycles. The second-order valence-corrected chi connectivity index (χ2v) is 12.2. The zero-order valence-corrected chi connectivity index (χ0v) is 21.7. The van der Waals surface area contributed by atoms with Gasteiger partial charge in [-0.05, 0) is 43.2 Å². The lowest BCUT2D eigenvalue weighted by atomic mass is 9.94. The first-order valence-electron chi connectivity index (χ1n) is 11.3. The second-order valence-electron chi connectivity index (χ2n) is 8.90. The van der Waals surface area contributed by atoms with Crippen LogP contribution in [0.3, 0.4) is 0 Å². The Labute approximate surface area is 214 Å². The lowest BCUT2D eigenvalue weighted by Crippen LogP contribution is -2.44. The predicted molar refractivity (Wildman–Crippen MR) is 139 cm³/mol. The lowest BCUT2D eigenvalue weighted by molar-refractivity contribution is 0.343. The van der Waals surface area contributed by atoms with Crippen LogP contribution in [0.2, 0.25) is 15.1 Å². The molecule has 1 saturated carbocycles. The second kappa shape index (κ2) is 9.36. The molecule has 2 aliphatic rings. The van der Waals surface area contributed by atoms with E-state index in [9.17, 15) is 8.42 Å². The molecule has 1 aromatic heterocycles. The number of nitrogens with zero attached hydrogens (tertiary/aromatic N) is 3. The molecule has 2 aromatic carbocycles. The molecule has 1 aliphatic heterocycles. The molecule has 0 amide bonds. The Bertz CT molecular complexity index is 1320. The van der Waals surface area contributed by atoms with Gasteiger partial charge >= 0.3 is 0 Å². The molecule has 5 rings (SSSR count). The summed E-state index contributed by atoms with van der Waals surface area (Å²) in [7, 11) is -1.98. The Morgan fingerprint density at radius 2 is 1.65 bits per heavy atom. The van der Waals surface area contributed by atoms with E-state index in [1.165, 1.54) is 10.7 Å². The minimum Gasteiger partial charge on any atom is -0.305 e. The summed E-state index contributed by atoms with van der Waals surface area (Å²) < 4.78 is 29.6. The van der Waals surface area contributed by atoms with E-state index in [4.69, 9.17) is 39.9 Å². The van der Waals surface area contributed by atoms with E-state index in [-0.39, 0.29) is 11.8 Å². The topological polar surface area (TPSA) is 67.2 Å². The first kappa shape index (κ1) is 23.9. The van der Waals surface area contributed by atoms with Gasteiger partial charge in [0, 0.05) is 28.7 Å². The van der Waals surface area contributed by atoms with Crippen LogP contribution in [0.5, 0.6) is 0 Å². The molecule has 6 nitrogen and oxygen atoms in total. The standard InChI is InChI=1S/C24H25Cl3N4O2S/c1-30-24-22(20(14-34(30,32)33)28-18-5-3-2-4-6-18)29-31(21-12-11-17(26)13-19(21)27)23(24)15-7-9-16(25)10-8-15/h7-13,18,20,28H,2-6,14H2,1H3. The quantitative estimate of drug-likeness (QED) is 0.426. The number of nitrogens with one attached hydrogen (secondary N) is 1. The van der Waals surface area contributed by atoms with Crippen LogP contribution in [0.15, 0.2) is 42.5 Å². The smallest absolute Gasteiger partial charge is 0.236 e. The number of anilines is 1. The van der Waals surface area contributed by atoms with Crippen LogP contribution < -0.4 is 9.62 Å². The minimum absolute atomic E-state index is 0.0432. The fourth-order valence-corrected chi connectivity index (χ4v) is 6.86. The summed E-state index contributed by atoms with van der Waals surface area (Å²) in [4.78, 5) is 0. The van der Waals surface area contributed by atoms with Crippen molar-refractivity contribution in [3.8, 4) is 16.9 Å². The van der Waals surface area contributed by atoms with E-state index in [1.54, 1.807) is 42.1 Å². The summed E-state index contributed by atoms with van der Waals surface area (Å²) in [5.41, 5.74) is 3.28. The van der Waals surface area contributed by atoms with Crippen molar-refractivity contribution in [3.63, 3.8) is 0 Å². The Balaban J connectivity index is 1.73. The molecular formula is C24H25Cl3N4O2S. The zero-order valence-electron chi connectivity index (χ0n) is 18.6. The summed E-state index contributed by atoms with van der Waals surface area (Å²) in [5, 5.41) is 10.1. The zero-order chi connectivity index (χ0) is 24.0. The number of hydrogen-bond acceptors (Lipinski definition) is 4. The van der Waals surface area contributed by atoms with E-state index in [1.807, 2.05) is 12.1 Å². The van der Waals surface area contributed by atoms with Gasteiger partial charge in [0.2, 0.25) is 10.0 Å². The van der Waals surface area contributed by atoms with Gasteiger partial charge < -0.3 is 5.32 Å². The first-order chi connectivity index (χ1) is 16.2. The van der Waals surface area contributed by atoms with Crippen LogP contribution in [0.25, 0.3) is 16.9 Å². The molecule has 3 aromatic rings. The number of sulfonamides is 1. The predicted octanol–water partition coefficient (Wildman–Crippen LogP) is 6.24. The van der Waals surface area contributed by atoms with E-state index >= 15 is 0 Å². The van der Waals surface area contributed by atoms with Crippen LogP contribution in [0.1, 0.15) is 43.8 Å². The van der Waals surface area contributed by atoms with Crippen molar-refractivity contribution in [2.45, 2.75) is 44.2 Å². The highest BCUT2D eigenvalue weighted by molar-refractivity contribution is 7.92. The molecule has 10 heteroatoms. The largest absolute Gasteiger partial charge is 0.305 e. The molecule has 1 aliphatic carbocycles. The van der Waals surface area contributed by atoms with Crippen molar-refractivity contribution in [3.05, 3.63) is 63.2 Å². The minimum atomic E-state index is -3.56. The van der Waals surface area contributed by atoms with E-state index in [0.29, 0.717) is 37.8 Å². The van der Waals surface area contributed by atoms with Crippen LogP contribution in [-0.2, 0) is 10.0 Å². The van der Waals surface area contributed by atoms with E-state index in [2.05, 4.69) is 5.32 Å². The van der Waals surface area contributed by atoms with Crippen LogP contribution >= 0.6 is 34.8 Å². The summed E-state index contributed by atoms with van der Waals surface area (Å²) in [6.07, 6.45) is 5.59. The summed E-state index contributed by atoms with van der Waals surface area (Å²) in [5.74, 6) is -0.0432. The summed E-state index contributed by atoms with van der Waals surface area (Å²) in [6.45, 7) is 0. The van der Waals surface area contributed by atoms with Gasteiger partial charge in [-0.25, -0.2) is 13.1 Å². The van der Waals surface area contributed by atoms with Gasteiger partial charge in [0.25, 0.3) is 0 Å². The first-order valence-corrected chi connectivity index (χ1v) is 14.1. The SMILES string of the molecule is CN1c2c(nn(-c3ccc(Cl)cc3Cl)c2-c2ccc(Cl)cc2)C(NC2CCCCC2)CS1(=O)=O. The average molecular weight is 540 g/mol. The normalized spacial score (nSPS) is 20.4. The Hall–Kier alpha value is -1.77. The Morgan fingerprint density at radius 1 is 0.971 bits per heavy atom. The maximum atomic E-state index is 13.3. The number of aromatic nitrogens is 2. The third-order valence-electron chi connectivity index (χ3n) is 6.62. The number of hydrogen-bond donors (Lipinski definition) is 1. The number of fused-ring (bicyclic) bond motifs is 1. The maximum absolute atomic E-state index is 13.3. The van der Waals surface area contributed by atoms with Crippen molar-refractivity contribution in [2.75, 3.05) is 17.1 Å². The van der Waals surface area contributed by atoms with Gasteiger partial charge in [-0.15, -0.1) is 0 Å². The molecule has 180 valence electrons. The molecule has 0 bridgehead atoms. The molecule has 1 unspecified atom stereocenters. The van der Waals surface area contributed by atoms with E-state index in [0.717, 1.165) is 31.2 Å². The molecular weight excluding hydrogens is 515 g/mol. The molecule has 1 atom stereocenters. The molecule has 0 spiro atoms. The lowest BCUT2D eigenvalue weighted by Gasteiger charge is -2.33. The van der Waals surface area contributed by atoms with Crippen molar-refractivity contribution < 1.29 is 8.42 Å². The van der Waals surface area contributed by atoms with Crippen molar-refractivity contribution in [2.24, 2.45) is 0 Å². The summed E-state index contributed by atoms with van der Waals surface area (Å²) in [6, 6.07) is 12.3. The number of benzene rings is 2. The highest BCUT2D eigenvalue weighted by Gasteiger charge is 2.40. The fourth-order valence-electron chi connectivity index (χ4n) is 4.89. The van der Waals surface area contributed by atoms with Crippen molar-refractivity contribution >= 4 is 50.5 Å². The maximum Gasteiger partial charge on any atom is 0.236 e. The van der Waals surface area contributed by atoms with Gasteiger partial charge in [-0.2, -0.15) is 5.10 Å². The fraction of sp³-hybridized carbons (Fsp3) is 0.375. The Morgan fingerprint density at radius 3 is 2.32 bits per heavy atom. The van der Waals surface area contributed by atoms with Crippen molar-refractivity contribution in [1.82, 2.24) is 15.1 Å². The van der Waals surface area contributed by atoms with Gasteiger partial charge in [0.05, 0.1) is 28.2 Å². The number of rotatable bonds is 4. The van der Waals surface area contributed by atoms with Gasteiger partial charge in [0.1, 0.15) is 11.4 Å². The van der Waals surface area contributed by atoms with E-state index < -0.39 is 16.1 Å². The van der Waals surface area contributed by atoms with Gasteiger partial charge in [-0.1, -0.05) is 66.2 Å².